The summed E-state index contributed by atoms with van der Waals surface area (Å²) in [5.74, 6) is 0.366. The van der Waals surface area contributed by atoms with E-state index in [2.05, 4.69) is 37.1 Å². The number of aromatic nitrogens is 6. The van der Waals surface area contributed by atoms with Crippen molar-refractivity contribution in [3.63, 3.8) is 0 Å². The molecule has 9 nitrogen and oxygen atoms in total. The first-order chi connectivity index (χ1) is 16.5. The Morgan fingerprint density at radius 1 is 0.971 bits per heavy atom. The summed E-state index contributed by atoms with van der Waals surface area (Å²) in [6.45, 7) is 6.25. The van der Waals surface area contributed by atoms with Gasteiger partial charge in [-0.15, -0.1) is 5.10 Å². The third-order valence-electron chi connectivity index (χ3n) is 5.99. The predicted molar refractivity (Wildman–Crippen MR) is 129 cm³/mol. The highest BCUT2D eigenvalue weighted by atomic mass is 19.1. The van der Waals surface area contributed by atoms with Crippen LogP contribution in [0.1, 0.15) is 11.3 Å². The Labute approximate surface area is 197 Å². The number of nitrogen functional groups attached to an aromatic ring is 1. The molecule has 0 spiro atoms. The Morgan fingerprint density at radius 3 is 2.56 bits per heavy atom. The Hall–Kier alpha value is -3.92. The minimum atomic E-state index is -0.709. The maximum Gasteiger partial charge on any atom is 0.193 e. The summed E-state index contributed by atoms with van der Waals surface area (Å²) >= 11 is 0. The standard InChI is InChI=1S/C24H26FN9/c1-16-6-3-4-8-18(16)24-28-22(21(25)23(26)29-24)19-15-34(31-30-19)14-17-7-5-9-20(27-17)33-12-10-32(2)11-13-33/h3-9,15H,10-14H2,1-2H3,(H2,26,28,29). The molecule has 0 aliphatic carbocycles. The van der Waals surface area contributed by atoms with Gasteiger partial charge in [-0.1, -0.05) is 35.5 Å². The van der Waals surface area contributed by atoms with E-state index < -0.39 is 5.82 Å². The molecule has 0 unspecified atom stereocenters. The van der Waals surface area contributed by atoms with E-state index in [0.717, 1.165) is 48.8 Å². The molecule has 174 valence electrons. The molecule has 0 bridgehead atoms. The largest absolute Gasteiger partial charge is 0.381 e. The second-order valence-corrected chi connectivity index (χ2v) is 8.49. The van der Waals surface area contributed by atoms with Crippen LogP contribution in [0.25, 0.3) is 22.8 Å². The third-order valence-corrected chi connectivity index (χ3v) is 5.99. The van der Waals surface area contributed by atoms with Crippen molar-refractivity contribution in [1.29, 1.82) is 0 Å². The van der Waals surface area contributed by atoms with Crippen molar-refractivity contribution in [3.05, 3.63) is 65.7 Å². The highest BCUT2D eigenvalue weighted by Gasteiger charge is 2.19. The number of likely N-dealkylation sites (N-methyl/N-ethyl adjacent to an activating group) is 1. The van der Waals surface area contributed by atoms with E-state index >= 15 is 0 Å². The van der Waals surface area contributed by atoms with Gasteiger partial charge >= 0.3 is 0 Å². The Kier molecular flexibility index (Phi) is 5.89. The van der Waals surface area contributed by atoms with E-state index in [1.54, 1.807) is 10.9 Å². The number of aryl methyl sites for hydroxylation is 1. The van der Waals surface area contributed by atoms with E-state index in [9.17, 15) is 4.39 Å². The van der Waals surface area contributed by atoms with E-state index in [0.29, 0.717) is 12.4 Å². The minimum absolute atomic E-state index is 0.0242. The van der Waals surface area contributed by atoms with Gasteiger partial charge < -0.3 is 15.5 Å². The van der Waals surface area contributed by atoms with Crippen molar-refractivity contribution in [3.8, 4) is 22.8 Å². The lowest BCUT2D eigenvalue weighted by molar-refractivity contribution is 0.312. The zero-order valence-electron chi connectivity index (χ0n) is 19.2. The second kappa shape index (κ2) is 9.14. The van der Waals surface area contributed by atoms with Gasteiger partial charge in [0.2, 0.25) is 0 Å². The van der Waals surface area contributed by atoms with Gasteiger partial charge in [0.1, 0.15) is 17.2 Å². The van der Waals surface area contributed by atoms with Crippen molar-refractivity contribution in [2.45, 2.75) is 13.5 Å². The smallest absolute Gasteiger partial charge is 0.193 e. The number of hydrogen-bond donors (Lipinski definition) is 1. The molecule has 0 atom stereocenters. The van der Waals surface area contributed by atoms with Crippen molar-refractivity contribution in [2.75, 3.05) is 43.9 Å². The van der Waals surface area contributed by atoms with Crippen molar-refractivity contribution in [1.82, 2.24) is 34.8 Å². The molecule has 34 heavy (non-hydrogen) atoms. The third kappa shape index (κ3) is 4.44. The van der Waals surface area contributed by atoms with Crippen molar-refractivity contribution in [2.24, 2.45) is 0 Å². The van der Waals surface area contributed by atoms with Crippen LogP contribution in [0.4, 0.5) is 16.0 Å². The van der Waals surface area contributed by atoms with Gasteiger partial charge in [0.25, 0.3) is 0 Å². The van der Waals surface area contributed by atoms with Crippen LogP contribution in [0.5, 0.6) is 0 Å². The summed E-state index contributed by atoms with van der Waals surface area (Å²) in [5.41, 5.74) is 8.78. The molecule has 3 aromatic heterocycles. The van der Waals surface area contributed by atoms with Gasteiger partial charge in [-0.05, 0) is 31.7 Å². The highest BCUT2D eigenvalue weighted by Crippen LogP contribution is 2.27. The van der Waals surface area contributed by atoms with Crippen LogP contribution in [0.15, 0.2) is 48.7 Å². The molecule has 1 saturated heterocycles. The van der Waals surface area contributed by atoms with Crippen LogP contribution >= 0.6 is 0 Å². The summed E-state index contributed by atoms with van der Waals surface area (Å²) in [6.07, 6.45) is 1.65. The number of benzene rings is 1. The number of nitrogens with zero attached hydrogens (tertiary/aromatic N) is 8. The first-order valence-electron chi connectivity index (χ1n) is 11.2. The second-order valence-electron chi connectivity index (χ2n) is 8.49. The van der Waals surface area contributed by atoms with Crippen LogP contribution in [-0.4, -0.2) is 68.1 Å². The fourth-order valence-corrected chi connectivity index (χ4v) is 4.00. The average molecular weight is 460 g/mol. The summed E-state index contributed by atoms with van der Waals surface area (Å²) in [6, 6.07) is 13.6. The molecule has 4 heterocycles. The SMILES string of the molecule is Cc1ccccc1-c1nc(N)c(F)c(-c2cn(Cc3cccc(N4CCN(C)CC4)n3)nn2)n1. The van der Waals surface area contributed by atoms with E-state index in [1.807, 2.05) is 49.4 Å². The summed E-state index contributed by atoms with van der Waals surface area (Å²) in [4.78, 5) is 17.9. The molecule has 0 amide bonds. The number of anilines is 2. The zero-order valence-corrected chi connectivity index (χ0v) is 19.2. The topological polar surface area (TPSA) is 102 Å². The Bertz CT molecular complexity index is 1310. The van der Waals surface area contributed by atoms with Crippen LogP contribution in [-0.2, 0) is 6.54 Å². The van der Waals surface area contributed by atoms with E-state index in [4.69, 9.17) is 10.7 Å². The fraction of sp³-hybridized carbons (Fsp3) is 0.292. The summed E-state index contributed by atoms with van der Waals surface area (Å²) < 4.78 is 16.5. The first-order valence-corrected chi connectivity index (χ1v) is 11.2. The lowest BCUT2D eigenvalue weighted by Crippen LogP contribution is -2.44. The lowest BCUT2D eigenvalue weighted by atomic mass is 10.1. The Balaban J connectivity index is 1.40. The summed E-state index contributed by atoms with van der Waals surface area (Å²) in [5, 5.41) is 8.31. The number of hydrogen-bond acceptors (Lipinski definition) is 8. The van der Waals surface area contributed by atoms with E-state index in [1.165, 1.54) is 0 Å². The molecule has 5 rings (SSSR count). The van der Waals surface area contributed by atoms with Crippen LogP contribution in [0, 0.1) is 12.7 Å². The molecular weight excluding hydrogens is 433 g/mol. The molecule has 1 fully saturated rings. The summed E-state index contributed by atoms with van der Waals surface area (Å²) in [7, 11) is 2.13. The molecule has 1 aliphatic heterocycles. The molecule has 4 aromatic rings. The number of nitrogens with two attached hydrogens (primary N) is 1. The lowest BCUT2D eigenvalue weighted by Gasteiger charge is -2.33. The first kappa shape index (κ1) is 21.9. The van der Waals surface area contributed by atoms with Crippen molar-refractivity contribution < 1.29 is 4.39 Å². The maximum atomic E-state index is 14.9. The highest BCUT2D eigenvalue weighted by molar-refractivity contribution is 5.67. The van der Waals surface area contributed by atoms with Gasteiger partial charge in [0.05, 0.1) is 18.4 Å². The van der Waals surface area contributed by atoms with Crippen LogP contribution in [0.3, 0.4) is 0 Å². The Morgan fingerprint density at radius 2 is 1.76 bits per heavy atom. The quantitative estimate of drug-likeness (QED) is 0.486. The van der Waals surface area contributed by atoms with Gasteiger partial charge in [0, 0.05) is 31.7 Å². The fourth-order valence-electron chi connectivity index (χ4n) is 4.00. The van der Waals surface area contributed by atoms with Gasteiger partial charge in [-0.3, -0.25) is 0 Å². The van der Waals surface area contributed by atoms with E-state index in [-0.39, 0.29) is 17.2 Å². The maximum absolute atomic E-state index is 14.9. The molecular formula is C24H26FN9. The number of piperazine rings is 1. The molecule has 1 aromatic carbocycles. The molecule has 0 radical (unpaired) electrons. The normalized spacial score (nSPS) is 14.5. The number of pyridine rings is 1. The zero-order chi connectivity index (χ0) is 23.7. The van der Waals surface area contributed by atoms with Crippen LogP contribution in [0.2, 0.25) is 0 Å². The molecule has 1 aliphatic rings. The number of halogens is 1. The molecule has 2 N–H and O–H groups in total. The van der Waals surface area contributed by atoms with Crippen LogP contribution < -0.4 is 10.6 Å². The average Bonchev–Trinajstić information content (AvgIpc) is 3.30. The number of rotatable bonds is 5. The molecule has 0 saturated carbocycles. The predicted octanol–water partition coefficient (Wildman–Crippen LogP) is 2.63. The monoisotopic (exact) mass is 459 g/mol. The van der Waals surface area contributed by atoms with Gasteiger partial charge in [-0.25, -0.2) is 24.0 Å². The molecule has 10 heteroatoms. The minimum Gasteiger partial charge on any atom is -0.381 e. The van der Waals surface area contributed by atoms with Crippen molar-refractivity contribution >= 4 is 11.6 Å². The van der Waals surface area contributed by atoms with Gasteiger partial charge in [-0.2, -0.15) is 0 Å². The van der Waals surface area contributed by atoms with Gasteiger partial charge in [0.15, 0.2) is 17.5 Å².